The standard InChI is InChI=1S/C11H20N2O2S/c1-6-7-16-8-9(11(2,3)4)13-15-10(14)12-5/h6H,1,7-8H2,2-5H3,(H,12,14). The minimum absolute atomic E-state index is 0.109. The van der Waals surface area contributed by atoms with Crippen molar-refractivity contribution in [3.63, 3.8) is 0 Å². The fourth-order valence-corrected chi connectivity index (χ4v) is 1.72. The maximum Gasteiger partial charge on any atom is 0.433 e. The molecule has 0 aromatic heterocycles. The topological polar surface area (TPSA) is 50.7 Å². The maximum absolute atomic E-state index is 10.9. The molecule has 92 valence electrons. The largest absolute Gasteiger partial charge is 0.433 e. The Morgan fingerprint density at radius 2 is 2.19 bits per heavy atom. The molecule has 0 aromatic carbocycles. The van der Waals surface area contributed by atoms with E-state index in [1.807, 2.05) is 26.8 Å². The van der Waals surface area contributed by atoms with Gasteiger partial charge in [0, 0.05) is 24.0 Å². The summed E-state index contributed by atoms with van der Waals surface area (Å²) in [4.78, 5) is 15.6. The number of thioether (sulfide) groups is 1. The molecule has 0 bridgehead atoms. The quantitative estimate of drug-likeness (QED) is 0.266. The van der Waals surface area contributed by atoms with E-state index in [-0.39, 0.29) is 5.41 Å². The predicted octanol–water partition coefficient (Wildman–Crippen LogP) is 2.66. The van der Waals surface area contributed by atoms with Crippen LogP contribution in [-0.2, 0) is 4.84 Å². The van der Waals surface area contributed by atoms with Gasteiger partial charge < -0.3 is 5.32 Å². The second-order valence-electron chi connectivity index (χ2n) is 4.22. The first-order valence-corrected chi connectivity index (χ1v) is 6.22. The van der Waals surface area contributed by atoms with Crippen LogP contribution in [0.3, 0.4) is 0 Å². The highest BCUT2D eigenvalue weighted by atomic mass is 32.2. The van der Waals surface area contributed by atoms with Crippen molar-refractivity contribution in [2.75, 3.05) is 18.6 Å². The van der Waals surface area contributed by atoms with Crippen LogP contribution >= 0.6 is 11.8 Å². The number of rotatable bonds is 5. The van der Waals surface area contributed by atoms with Crippen molar-refractivity contribution < 1.29 is 9.63 Å². The summed E-state index contributed by atoms with van der Waals surface area (Å²) in [6.07, 6.45) is 1.29. The molecule has 0 aliphatic rings. The third-order valence-corrected chi connectivity index (χ3v) is 2.73. The molecule has 0 heterocycles. The van der Waals surface area contributed by atoms with Gasteiger partial charge in [-0.15, -0.1) is 6.58 Å². The molecule has 0 fully saturated rings. The highest BCUT2D eigenvalue weighted by Gasteiger charge is 2.20. The van der Waals surface area contributed by atoms with Gasteiger partial charge in [-0.2, -0.15) is 11.8 Å². The summed E-state index contributed by atoms with van der Waals surface area (Å²) in [5.74, 6) is 1.58. The van der Waals surface area contributed by atoms with Crippen LogP contribution in [0, 0.1) is 5.41 Å². The van der Waals surface area contributed by atoms with Crippen LogP contribution in [0.1, 0.15) is 20.8 Å². The lowest BCUT2D eigenvalue weighted by Crippen LogP contribution is -2.25. The lowest BCUT2D eigenvalue weighted by Gasteiger charge is -2.20. The third kappa shape index (κ3) is 6.50. The molecule has 4 nitrogen and oxygen atoms in total. The van der Waals surface area contributed by atoms with Crippen molar-refractivity contribution in [3.8, 4) is 0 Å². The molecule has 1 amide bonds. The Labute approximate surface area is 101 Å². The van der Waals surface area contributed by atoms with Gasteiger partial charge in [-0.1, -0.05) is 32.0 Å². The zero-order chi connectivity index (χ0) is 12.6. The van der Waals surface area contributed by atoms with E-state index in [9.17, 15) is 4.79 Å². The van der Waals surface area contributed by atoms with Crippen LogP contribution in [0.5, 0.6) is 0 Å². The Balaban J connectivity index is 4.42. The Hall–Kier alpha value is -0.970. The van der Waals surface area contributed by atoms with Gasteiger partial charge in [-0.25, -0.2) is 4.79 Å². The Morgan fingerprint density at radius 3 is 2.62 bits per heavy atom. The molecule has 0 saturated heterocycles. The number of hydrogen-bond donors (Lipinski definition) is 1. The highest BCUT2D eigenvalue weighted by molar-refractivity contribution is 8.00. The van der Waals surface area contributed by atoms with Crippen molar-refractivity contribution in [3.05, 3.63) is 12.7 Å². The summed E-state index contributed by atoms with van der Waals surface area (Å²) in [7, 11) is 1.50. The second kappa shape index (κ2) is 7.33. The summed E-state index contributed by atoms with van der Waals surface area (Å²) in [6.45, 7) is 9.76. The van der Waals surface area contributed by atoms with E-state index in [1.54, 1.807) is 11.8 Å². The Kier molecular flexibility index (Phi) is 6.88. The molecule has 1 N–H and O–H groups in total. The third-order valence-electron chi connectivity index (χ3n) is 1.78. The molecule has 0 radical (unpaired) electrons. The van der Waals surface area contributed by atoms with Crippen LogP contribution in [0.2, 0.25) is 0 Å². The van der Waals surface area contributed by atoms with Crippen molar-refractivity contribution >= 4 is 23.6 Å². The van der Waals surface area contributed by atoms with Crippen LogP contribution in [-0.4, -0.2) is 30.4 Å². The average Bonchev–Trinajstić information content (AvgIpc) is 2.20. The molecule has 0 aliphatic heterocycles. The summed E-state index contributed by atoms with van der Waals surface area (Å²) in [6, 6.07) is 0. The predicted molar refractivity (Wildman–Crippen MR) is 70.0 cm³/mol. The Morgan fingerprint density at radius 1 is 1.56 bits per heavy atom. The molecular weight excluding hydrogens is 224 g/mol. The molecule has 0 spiro atoms. The molecule has 16 heavy (non-hydrogen) atoms. The molecule has 0 atom stereocenters. The molecule has 5 heteroatoms. The van der Waals surface area contributed by atoms with Crippen molar-refractivity contribution in [1.29, 1.82) is 0 Å². The van der Waals surface area contributed by atoms with E-state index >= 15 is 0 Å². The number of amides is 1. The number of oxime groups is 1. The van der Waals surface area contributed by atoms with E-state index in [4.69, 9.17) is 4.84 Å². The Bertz CT molecular complexity index is 270. The van der Waals surface area contributed by atoms with Crippen molar-refractivity contribution in [2.24, 2.45) is 10.6 Å². The minimum Gasteiger partial charge on any atom is -0.323 e. The van der Waals surface area contributed by atoms with E-state index < -0.39 is 6.09 Å². The number of nitrogens with one attached hydrogen (secondary N) is 1. The first kappa shape index (κ1) is 15.0. The highest BCUT2D eigenvalue weighted by Crippen LogP contribution is 2.19. The van der Waals surface area contributed by atoms with Crippen LogP contribution in [0.4, 0.5) is 4.79 Å². The van der Waals surface area contributed by atoms with Gasteiger partial charge >= 0.3 is 6.09 Å². The van der Waals surface area contributed by atoms with E-state index in [0.29, 0.717) is 0 Å². The fraction of sp³-hybridized carbons (Fsp3) is 0.636. The minimum atomic E-state index is -0.546. The molecule has 0 aromatic rings. The molecule has 0 saturated carbocycles. The molecule has 0 aliphatic carbocycles. The molecule has 0 unspecified atom stereocenters. The van der Waals surface area contributed by atoms with Gasteiger partial charge in [-0.05, 0) is 0 Å². The zero-order valence-corrected chi connectivity index (χ0v) is 11.2. The molecule has 0 rings (SSSR count). The first-order chi connectivity index (χ1) is 7.41. The number of carbonyl (C=O) groups is 1. The first-order valence-electron chi connectivity index (χ1n) is 5.06. The van der Waals surface area contributed by atoms with Gasteiger partial charge in [0.25, 0.3) is 0 Å². The maximum atomic E-state index is 10.9. The monoisotopic (exact) mass is 244 g/mol. The van der Waals surface area contributed by atoms with E-state index in [1.165, 1.54) is 7.05 Å². The fourth-order valence-electron chi connectivity index (χ4n) is 0.761. The number of hydrogen-bond acceptors (Lipinski definition) is 4. The van der Waals surface area contributed by atoms with Crippen molar-refractivity contribution in [2.45, 2.75) is 20.8 Å². The van der Waals surface area contributed by atoms with Gasteiger partial charge in [0.15, 0.2) is 0 Å². The lowest BCUT2D eigenvalue weighted by atomic mass is 9.91. The van der Waals surface area contributed by atoms with Crippen LogP contribution < -0.4 is 5.32 Å². The lowest BCUT2D eigenvalue weighted by molar-refractivity contribution is 0.152. The average molecular weight is 244 g/mol. The van der Waals surface area contributed by atoms with Gasteiger partial charge in [0.2, 0.25) is 0 Å². The van der Waals surface area contributed by atoms with Gasteiger partial charge in [-0.3, -0.25) is 4.84 Å². The van der Waals surface area contributed by atoms with Crippen molar-refractivity contribution in [1.82, 2.24) is 5.32 Å². The SMILES string of the molecule is C=CCSCC(=NOC(=O)NC)C(C)(C)C. The normalized spacial score (nSPS) is 12.1. The number of carbonyl (C=O) groups excluding carboxylic acids is 1. The zero-order valence-electron chi connectivity index (χ0n) is 10.4. The van der Waals surface area contributed by atoms with E-state index in [2.05, 4.69) is 17.1 Å². The number of nitrogens with zero attached hydrogens (tertiary/aromatic N) is 1. The smallest absolute Gasteiger partial charge is 0.323 e. The summed E-state index contributed by atoms with van der Waals surface area (Å²) in [5.41, 5.74) is 0.741. The summed E-state index contributed by atoms with van der Waals surface area (Å²) < 4.78 is 0. The summed E-state index contributed by atoms with van der Waals surface area (Å²) >= 11 is 1.69. The second-order valence-corrected chi connectivity index (χ2v) is 5.25. The van der Waals surface area contributed by atoms with E-state index in [0.717, 1.165) is 17.2 Å². The summed E-state index contributed by atoms with van der Waals surface area (Å²) in [5, 5.41) is 6.23. The van der Waals surface area contributed by atoms with Gasteiger partial charge in [0.1, 0.15) is 0 Å². The van der Waals surface area contributed by atoms with Gasteiger partial charge in [0.05, 0.1) is 5.71 Å². The van der Waals surface area contributed by atoms with Crippen LogP contribution in [0.15, 0.2) is 17.8 Å². The van der Waals surface area contributed by atoms with Crippen LogP contribution in [0.25, 0.3) is 0 Å². The molecular formula is C11H20N2O2S.